The van der Waals surface area contributed by atoms with Gasteiger partial charge in [0.2, 0.25) is 0 Å². The van der Waals surface area contributed by atoms with E-state index in [2.05, 4.69) is 4.98 Å². The first kappa shape index (κ1) is 13.6. The Morgan fingerprint density at radius 2 is 2.05 bits per heavy atom. The van der Waals surface area contributed by atoms with Gasteiger partial charge in [-0.05, 0) is 56.5 Å². The maximum absolute atomic E-state index is 12.9. The van der Waals surface area contributed by atoms with Crippen LogP contribution >= 0.6 is 0 Å². The predicted octanol–water partition coefficient (Wildman–Crippen LogP) is 2.87. The summed E-state index contributed by atoms with van der Waals surface area (Å²) in [5, 5.41) is 0. The van der Waals surface area contributed by atoms with E-state index in [4.69, 9.17) is 5.73 Å². The van der Waals surface area contributed by atoms with Crippen molar-refractivity contribution in [3.63, 3.8) is 0 Å². The molecule has 4 nitrogen and oxygen atoms in total. The number of benzene rings is 1. The summed E-state index contributed by atoms with van der Waals surface area (Å²) in [6, 6.07) is 9.51. The number of hydrogen-bond acceptors (Lipinski definition) is 3. The largest absolute Gasteiger partial charge is 0.398 e. The number of nitrogens with zero attached hydrogens (tertiary/aromatic N) is 2. The van der Waals surface area contributed by atoms with E-state index in [0.717, 1.165) is 47.7 Å². The number of aromatic nitrogens is 1. The van der Waals surface area contributed by atoms with Gasteiger partial charge in [-0.15, -0.1) is 0 Å². The molecule has 0 fully saturated rings. The monoisotopic (exact) mass is 281 g/mol. The van der Waals surface area contributed by atoms with Crippen LogP contribution in [0.2, 0.25) is 0 Å². The quantitative estimate of drug-likeness (QED) is 0.818. The Hall–Kier alpha value is -2.36. The molecular formula is C17H19N3O. The Kier molecular flexibility index (Phi) is 3.37. The van der Waals surface area contributed by atoms with Crippen molar-refractivity contribution in [1.82, 2.24) is 4.98 Å². The van der Waals surface area contributed by atoms with E-state index >= 15 is 0 Å². The molecule has 0 unspecified atom stereocenters. The lowest BCUT2D eigenvalue weighted by Crippen LogP contribution is -2.36. The van der Waals surface area contributed by atoms with Crippen LogP contribution in [0.25, 0.3) is 0 Å². The molecule has 108 valence electrons. The van der Waals surface area contributed by atoms with Crippen molar-refractivity contribution in [2.75, 3.05) is 17.2 Å². The Balaban J connectivity index is 2.02. The van der Waals surface area contributed by atoms with Gasteiger partial charge >= 0.3 is 0 Å². The summed E-state index contributed by atoms with van der Waals surface area (Å²) < 4.78 is 0. The molecule has 1 aromatic heterocycles. The molecule has 1 aliphatic rings. The van der Waals surface area contributed by atoms with Crippen molar-refractivity contribution < 1.29 is 4.79 Å². The molecule has 2 N–H and O–H groups in total. The van der Waals surface area contributed by atoms with E-state index in [9.17, 15) is 4.79 Å². The van der Waals surface area contributed by atoms with Crippen LogP contribution in [-0.2, 0) is 6.42 Å². The third kappa shape index (κ3) is 2.37. The smallest absolute Gasteiger partial charge is 0.260 e. The second-order valence-electron chi connectivity index (χ2n) is 5.49. The van der Waals surface area contributed by atoms with Crippen molar-refractivity contribution in [1.29, 1.82) is 0 Å². The second kappa shape index (κ2) is 5.20. The van der Waals surface area contributed by atoms with Crippen LogP contribution in [0.3, 0.4) is 0 Å². The van der Waals surface area contributed by atoms with Crippen LogP contribution < -0.4 is 10.6 Å². The number of aryl methyl sites for hydroxylation is 2. The molecular weight excluding hydrogens is 262 g/mol. The van der Waals surface area contributed by atoms with Gasteiger partial charge in [0, 0.05) is 23.6 Å². The normalized spacial score (nSPS) is 13.9. The van der Waals surface area contributed by atoms with Crippen molar-refractivity contribution in [3.05, 3.63) is 52.8 Å². The number of amides is 1. The van der Waals surface area contributed by atoms with Crippen LogP contribution in [-0.4, -0.2) is 17.4 Å². The van der Waals surface area contributed by atoms with Crippen LogP contribution in [0.1, 0.15) is 33.7 Å². The molecule has 0 saturated carbocycles. The topological polar surface area (TPSA) is 59.2 Å². The number of anilines is 2. The summed E-state index contributed by atoms with van der Waals surface area (Å²) in [4.78, 5) is 19.1. The molecule has 0 spiro atoms. The maximum Gasteiger partial charge on any atom is 0.260 e. The molecule has 0 atom stereocenters. The minimum atomic E-state index is 0.00606. The van der Waals surface area contributed by atoms with E-state index in [-0.39, 0.29) is 5.91 Å². The third-order valence-corrected chi connectivity index (χ3v) is 3.99. The van der Waals surface area contributed by atoms with Gasteiger partial charge in [0.1, 0.15) is 0 Å². The highest BCUT2D eigenvalue weighted by Gasteiger charge is 2.25. The first-order chi connectivity index (χ1) is 10.1. The van der Waals surface area contributed by atoms with Crippen LogP contribution in [0, 0.1) is 13.8 Å². The molecule has 4 heteroatoms. The molecule has 21 heavy (non-hydrogen) atoms. The first-order valence-electron chi connectivity index (χ1n) is 7.21. The van der Waals surface area contributed by atoms with E-state index in [1.165, 1.54) is 0 Å². The van der Waals surface area contributed by atoms with Crippen molar-refractivity contribution in [2.24, 2.45) is 0 Å². The molecule has 2 heterocycles. The van der Waals surface area contributed by atoms with Gasteiger partial charge in [-0.25, -0.2) is 0 Å². The molecule has 1 amide bonds. The maximum atomic E-state index is 12.9. The van der Waals surface area contributed by atoms with E-state index < -0.39 is 0 Å². The van der Waals surface area contributed by atoms with Crippen LogP contribution in [0.4, 0.5) is 11.4 Å². The van der Waals surface area contributed by atoms with Gasteiger partial charge in [0.15, 0.2) is 0 Å². The third-order valence-electron chi connectivity index (χ3n) is 3.99. The molecule has 3 rings (SSSR count). The van der Waals surface area contributed by atoms with E-state index in [1.54, 1.807) is 0 Å². The fourth-order valence-corrected chi connectivity index (χ4v) is 2.92. The highest BCUT2D eigenvalue weighted by Crippen LogP contribution is 2.32. The fourth-order valence-electron chi connectivity index (χ4n) is 2.92. The fraction of sp³-hybridized carbons (Fsp3) is 0.294. The Bertz CT molecular complexity index is 709. The van der Waals surface area contributed by atoms with Gasteiger partial charge in [0.25, 0.3) is 5.91 Å². The van der Waals surface area contributed by atoms with Gasteiger partial charge in [-0.3, -0.25) is 9.78 Å². The molecule has 2 aromatic rings. The van der Waals surface area contributed by atoms with Gasteiger partial charge in [-0.1, -0.05) is 6.07 Å². The van der Waals surface area contributed by atoms with Gasteiger partial charge in [0.05, 0.1) is 11.3 Å². The van der Waals surface area contributed by atoms with Crippen molar-refractivity contribution in [3.8, 4) is 0 Å². The number of nitrogens with two attached hydrogens (primary N) is 1. The van der Waals surface area contributed by atoms with Crippen molar-refractivity contribution in [2.45, 2.75) is 26.7 Å². The summed E-state index contributed by atoms with van der Waals surface area (Å²) in [7, 11) is 0. The van der Waals surface area contributed by atoms with Crippen molar-refractivity contribution >= 4 is 17.3 Å². The van der Waals surface area contributed by atoms with Gasteiger partial charge < -0.3 is 10.6 Å². The molecule has 0 saturated heterocycles. The molecule has 0 bridgehead atoms. The first-order valence-corrected chi connectivity index (χ1v) is 7.21. The molecule has 1 aromatic carbocycles. The Morgan fingerprint density at radius 3 is 2.81 bits per heavy atom. The summed E-state index contributed by atoms with van der Waals surface area (Å²) in [5.74, 6) is 0.00606. The lowest BCUT2D eigenvalue weighted by Gasteiger charge is -2.30. The highest BCUT2D eigenvalue weighted by molar-refractivity contribution is 6.07. The number of carbonyl (C=O) groups is 1. The number of nitrogen functional groups attached to an aromatic ring is 1. The summed E-state index contributed by atoms with van der Waals surface area (Å²) in [5.41, 5.74) is 11.2. The lowest BCUT2D eigenvalue weighted by molar-refractivity contribution is 0.0984. The summed E-state index contributed by atoms with van der Waals surface area (Å²) in [6.07, 6.45) is 1.86. The zero-order valence-electron chi connectivity index (χ0n) is 12.4. The van der Waals surface area contributed by atoms with Crippen LogP contribution in [0.15, 0.2) is 30.3 Å². The Morgan fingerprint density at radius 1 is 1.24 bits per heavy atom. The summed E-state index contributed by atoms with van der Waals surface area (Å²) in [6.45, 7) is 4.53. The number of carbonyl (C=O) groups excluding carboxylic acids is 1. The number of rotatable bonds is 1. The summed E-state index contributed by atoms with van der Waals surface area (Å²) >= 11 is 0. The average molecular weight is 281 g/mol. The highest BCUT2D eigenvalue weighted by atomic mass is 16.2. The van der Waals surface area contributed by atoms with Crippen LogP contribution in [0.5, 0.6) is 0 Å². The molecule has 0 aliphatic carbocycles. The number of pyridine rings is 1. The Labute approximate surface area is 124 Å². The second-order valence-corrected chi connectivity index (χ2v) is 5.49. The zero-order valence-corrected chi connectivity index (χ0v) is 12.4. The number of hydrogen-bond donors (Lipinski definition) is 1. The number of fused-ring (bicyclic) bond motifs is 1. The standard InChI is InChI=1S/C17H19N3O/c1-11-8-9-13(12(2)19-11)17(21)20-10-4-5-14-15(18)6-3-7-16(14)20/h3,6-9H,4-5,10,18H2,1-2H3. The SMILES string of the molecule is Cc1ccc(C(=O)N2CCCc3c(N)cccc32)c(C)n1. The minimum absolute atomic E-state index is 0.00606. The van der Waals surface area contributed by atoms with E-state index in [1.807, 2.05) is 49.1 Å². The van der Waals surface area contributed by atoms with E-state index in [0.29, 0.717) is 5.56 Å². The lowest BCUT2D eigenvalue weighted by atomic mass is 9.99. The average Bonchev–Trinajstić information content (AvgIpc) is 2.46. The predicted molar refractivity (Wildman–Crippen MR) is 84.6 cm³/mol. The molecule has 0 radical (unpaired) electrons. The van der Waals surface area contributed by atoms with Gasteiger partial charge in [-0.2, -0.15) is 0 Å². The molecule has 1 aliphatic heterocycles. The minimum Gasteiger partial charge on any atom is -0.398 e. The zero-order chi connectivity index (χ0) is 15.0.